The molecule has 2 unspecified atom stereocenters. The smallest absolute Gasteiger partial charge is 0.191 e. The van der Waals surface area contributed by atoms with Gasteiger partial charge >= 0.3 is 0 Å². The molecule has 1 aliphatic rings. The first-order chi connectivity index (χ1) is 10.8. The Bertz CT molecular complexity index is 551. The summed E-state index contributed by atoms with van der Waals surface area (Å²) in [5.41, 5.74) is 0.0721. The van der Waals surface area contributed by atoms with E-state index in [4.69, 9.17) is 4.74 Å². The van der Waals surface area contributed by atoms with E-state index in [1.54, 1.807) is 14.2 Å². The maximum Gasteiger partial charge on any atom is 0.191 e. The van der Waals surface area contributed by atoms with Crippen LogP contribution in [0, 0.1) is 12.3 Å². The van der Waals surface area contributed by atoms with Crippen molar-refractivity contribution in [1.82, 2.24) is 25.4 Å². The van der Waals surface area contributed by atoms with Crippen molar-refractivity contribution in [2.24, 2.45) is 10.4 Å². The van der Waals surface area contributed by atoms with Crippen LogP contribution in [0.5, 0.6) is 0 Å². The van der Waals surface area contributed by atoms with Gasteiger partial charge in [-0.05, 0) is 25.2 Å². The second-order valence-electron chi connectivity index (χ2n) is 7.12. The average molecular weight is 450 g/mol. The minimum absolute atomic E-state index is 0. The predicted molar refractivity (Wildman–Crippen MR) is 107 cm³/mol. The van der Waals surface area contributed by atoms with Gasteiger partial charge in [0, 0.05) is 27.2 Å². The quantitative estimate of drug-likeness (QED) is 0.418. The number of halogens is 1. The van der Waals surface area contributed by atoms with Crippen LogP contribution in [0.3, 0.4) is 0 Å². The standard InChI is InChI=1S/C16H30N6O.HI/c1-11-19-14-12(8-7-9-22(14)21-11)20-15(17-5)18-10-13(23-6)16(2,3)4;/h12-13H,7-10H2,1-6H3,(H2,17,18,20);1H. The molecule has 0 aliphatic carbocycles. The number of methoxy groups -OCH3 is 1. The van der Waals surface area contributed by atoms with Crippen LogP contribution in [0.4, 0.5) is 0 Å². The normalized spacial score (nSPS) is 19.2. The Morgan fingerprint density at radius 3 is 2.75 bits per heavy atom. The third-order valence-corrected chi connectivity index (χ3v) is 4.22. The first-order valence-corrected chi connectivity index (χ1v) is 8.26. The molecule has 0 saturated heterocycles. The molecule has 0 radical (unpaired) electrons. The number of aryl methyl sites for hydroxylation is 2. The zero-order valence-corrected chi connectivity index (χ0v) is 17.9. The molecule has 1 aliphatic heterocycles. The molecule has 0 bridgehead atoms. The first kappa shape index (κ1) is 21.1. The fourth-order valence-electron chi connectivity index (χ4n) is 2.90. The van der Waals surface area contributed by atoms with E-state index in [0.717, 1.165) is 37.0 Å². The van der Waals surface area contributed by atoms with E-state index in [1.165, 1.54) is 0 Å². The fraction of sp³-hybridized carbons (Fsp3) is 0.812. The van der Waals surface area contributed by atoms with Crippen molar-refractivity contribution < 1.29 is 4.74 Å². The fourth-order valence-corrected chi connectivity index (χ4v) is 2.90. The molecule has 0 spiro atoms. The number of aliphatic imine (C=N–C) groups is 1. The monoisotopic (exact) mass is 450 g/mol. The van der Waals surface area contributed by atoms with Crippen LogP contribution in [0.25, 0.3) is 0 Å². The van der Waals surface area contributed by atoms with E-state index in [-0.39, 0.29) is 41.5 Å². The lowest BCUT2D eigenvalue weighted by atomic mass is 9.89. The average Bonchev–Trinajstić information content (AvgIpc) is 2.86. The molecular weight excluding hydrogens is 419 g/mol. The Morgan fingerprint density at radius 1 is 1.46 bits per heavy atom. The van der Waals surface area contributed by atoms with Gasteiger partial charge in [0.25, 0.3) is 0 Å². The molecule has 1 aromatic rings. The molecular formula is C16H31IN6O. The highest BCUT2D eigenvalue weighted by molar-refractivity contribution is 14.0. The van der Waals surface area contributed by atoms with E-state index in [0.29, 0.717) is 6.54 Å². The summed E-state index contributed by atoms with van der Waals surface area (Å²) in [5.74, 6) is 2.59. The molecule has 2 rings (SSSR count). The minimum Gasteiger partial charge on any atom is -0.379 e. The largest absolute Gasteiger partial charge is 0.379 e. The van der Waals surface area contributed by atoms with Crippen LogP contribution >= 0.6 is 24.0 Å². The van der Waals surface area contributed by atoms with E-state index < -0.39 is 0 Å². The summed E-state index contributed by atoms with van der Waals surface area (Å²) in [7, 11) is 3.53. The Morgan fingerprint density at radius 2 is 2.17 bits per heavy atom. The molecule has 2 N–H and O–H groups in total. The van der Waals surface area contributed by atoms with Crippen LogP contribution < -0.4 is 10.6 Å². The van der Waals surface area contributed by atoms with Crippen molar-refractivity contribution >= 4 is 29.9 Å². The lowest BCUT2D eigenvalue weighted by molar-refractivity contribution is 0.0205. The highest BCUT2D eigenvalue weighted by Crippen LogP contribution is 2.23. The molecule has 0 aromatic carbocycles. The van der Waals surface area contributed by atoms with Gasteiger partial charge in [-0.15, -0.1) is 24.0 Å². The molecule has 0 saturated carbocycles. The molecule has 2 atom stereocenters. The topological polar surface area (TPSA) is 76.4 Å². The first-order valence-electron chi connectivity index (χ1n) is 8.26. The SMILES string of the molecule is CN=C(NCC(OC)C(C)(C)C)NC1CCCn2nc(C)nc21.I. The Kier molecular flexibility index (Phi) is 7.91. The Balaban J connectivity index is 0.00000288. The van der Waals surface area contributed by atoms with Gasteiger partial charge in [-0.3, -0.25) is 4.99 Å². The van der Waals surface area contributed by atoms with Crippen molar-refractivity contribution in [2.75, 3.05) is 20.7 Å². The van der Waals surface area contributed by atoms with E-state index >= 15 is 0 Å². The highest BCUT2D eigenvalue weighted by Gasteiger charge is 2.26. The number of fused-ring (bicyclic) bond motifs is 1. The second-order valence-corrected chi connectivity index (χ2v) is 7.12. The van der Waals surface area contributed by atoms with Crippen LogP contribution in [0.2, 0.25) is 0 Å². The number of hydrogen-bond acceptors (Lipinski definition) is 4. The molecule has 1 aromatic heterocycles. The van der Waals surface area contributed by atoms with Gasteiger partial charge in [-0.1, -0.05) is 20.8 Å². The zero-order valence-electron chi connectivity index (χ0n) is 15.6. The Hall–Kier alpha value is -0.900. The summed E-state index contributed by atoms with van der Waals surface area (Å²) >= 11 is 0. The molecule has 138 valence electrons. The van der Waals surface area contributed by atoms with Crippen molar-refractivity contribution in [3.63, 3.8) is 0 Å². The number of nitrogens with one attached hydrogen (secondary N) is 2. The number of hydrogen-bond donors (Lipinski definition) is 2. The minimum atomic E-state index is 0. The molecule has 0 amide bonds. The predicted octanol–water partition coefficient (Wildman–Crippen LogP) is 2.27. The third-order valence-electron chi connectivity index (χ3n) is 4.22. The maximum atomic E-state index is 5.59. The van der Waals surface area contributed by atoms with Crippen LogP contribution in [-0.4, -0.2) is 47.5 Å². The van der Waals surface area contributed by atoms with Gasteiger partial charge in [0.15, 0.2) is 5.96 Å². The lowest BCUT2D eigenvalue weighted by Crippen LogP contribution is -2.47. The van der Waals surface area contributed by atoms with Gasteiger partial charge in [-0.2, -0.15) is 5.10 Å². The number of nitrogens with zero attached hydrogens (tertiary/aromatic N) is 4. The summed E-state index contributed by atoms with van der Waals surface area (Å²) in [6, 6.07) is 0.145. The van der Waals surface area contributed by atoms with E-state index in [9.17, 15) is 0 Å². The van der Waals surface area contributed by atoms with Gasteiger partial charge in [0.1, 0.15) is 11.6 Å². The van der Waals surface area contributed by atoms with Gasteiger partial charge < -0.3 is 15.4 Å². The van der Waals surface area contributed by atoms with E-state index in [2.05, 4.69) is 46.5 Å². The van der Waals surface area contributed by atoms with Crippen molar-refractivity contribution in [2.45, 2.75) is 59.2 Å². The zero-order chi connectivity index (χ0) is 17.0. The summed E-state index contributed by atoms with van der Waals surface area (Å²) < 4.78 is 7.58. The van der Waals surface area contributed by atoms with Gasteiger partial charge in [0.05, 0.1) is 12.1 Å². The van der Waals surface area contributed by atoms with Gasteiger partial charge in [-0.25, -0.2) is 9.67 Å². The summed E-state index contributed by atoms with van der Waals surface area (Å²) in [4.78, 5) is 8.88. The lowest BCUT2D eigenvalue weighted by Gasteiger charge is -2.31. The van der Waals surface area contributed by atoms with Crippen LogP contribution in [0.1, 0.15) is 51.3 Å². The number of guanidine groups is 1. The number of rotatable bonds is 4. The maximum absolute atomic E-state index is 5.59. The summed E-state index contributed by atoms with van der Waals surface area (Å²) in [5, 5.41) is 11.3. The summed E-state index contributed by atoms with van der Waals surface area (Å²) in [6.07, 6.45) is 2.23. The van der Waals surface area contributed by atoms with Crippen molar-refractivity contribution in [3.8, 4) is 0 Å². The van der Waals surface area contributed by atoms with Crippen LogP contribution in [0.15, 0.2) is 4.99 Å². The molecule has 7 nitrogen and oxygen atoms in total. The van der Waals surface area contributed by atoms with Crippen LogP contribution in [-0.2, 0) is 11.3 Å². The molecule has 24 heavy (non-hydrogen) atoms. The number of aromatic nitrogens is 3. The Labute approximate surface area is 162 Å². The molecule has 2 heterocycles. The highest BCUT2D eigenvalue weighted by atomic mass is 127. The second kappa shape index (κ2) is 8.98. The molecule has 0 fully saturated rings. The van der Waals surface area contributed by atoms with Crippen molar-refractivity contribution in [3.05, 3.63) is 11.6 Å². The van der Waals surface area contributed by atoms with E-state index in [1.807, 2.05) is 11.6 Å². The van der Waals surface area contributed by atoms with Crippen molar-refractivity contribution in [1.29, 1.82) is 0 Å². The summed E-state index contributed by atoms with van der Waals surface area (Å²) in [6.45, 7) is 10.1. The molecule has 8 heteroatoms. The number of ether oxygens (including phenoxy) is 1. The van der Waals surface area contributed by atoms with Gasteiger partial charge in [0.2, 0.25) is 0 Å². The third kappa shape index (κ3) is 5.30.